The average molecular weight is 394 g/mol. The maximum atomic E-state index is 12.2. The molecule has 0 aliphatic carbocycles. The van der Waals surface area contributed by atoms with Crippen LogP contribution in [0.25, 0.3) is 11.2 Å². The number of nitrogens with zero attached hydrogens (tertiary/aromatic N) is 3. The highest BCUT2D eigenvalue weighted by Gasteiger charge is 2.40. The summed E-state index contributed by atoms with van der Waals surface area (Å²) in [6.07, 6.45) is -2.82. The molecule has 0 aromatic carbocycles. The number of anilines is 1. The Morgan fingerprint density at radius 3 is 2.79 bits per heavy atom. The number of rotatable bonds is 5. The molecule has 12 heteroatoms. The third-order valence-electron chi connectivity index (χ3n) is 3.79. The summed E-state index contributed by atoms with van der Waals surface area (Å²) in [5.41, 5.74) is -0.554. The first-order valence-corrected chi connectivity index (χ1v) is 8.30. The zero-order valence-corrected chi connectivity index (χ0v) is 15.3. The molecule has 2 aromatic heterocycles. The molecule has 0 bridgehead atoms. The Labute approximate surface area is 159 Å². The molecule has 150 valence electrons. The molecule has 0 saturated carbocycles. The van der Waals surface area contributed by atoms with Gasteiger partial charge in [0.25, 0.3) is 5.56 Å². The second-order valence-corrected chi connectivity index (χ2v) is 6.05. The van der Waals surface area contributed by atoms with Crippen molar-refractivity contribution in [1.82, 2.24) is 19.5 Å². The highest BCUT2D eigenvalue weighted by Crippen LogP contribution is 2.32. The summed E-state index contributed by atoms with van der Waals surface area (Å²) in [7, 11) is 0. The molecule has 1 aliphatic rings. The van der Waals surface area contributed by atoms with Crippen molar-refractivity contribution >= 4 is 35.0 Å². The molecule has 0 radical (unpaired) electrons. The Kier molecular flexibility index (Phi) is 5.02. The van der Waals surface area contributed by atoms with Gasteiger partial charge in [0.2, 0.25) is 11.9 Å². The SMILES string of the molecule is [2H][C@@H]1[C@H](OC(C)=O)[C@@H](COC(C)=O)O[C@H]1n1cnc2c(=O)[nH]c(NC(C)=O)nc21. The van der Waals surface area contributed by atoms with Crippen LogP contribution in [0.15, 0.2) is 11.1 Å². The third-order valence-corrected chi connectivity index (χ3v) is 3.79. The predicted molar refractivity (Wildman–Crippen MR) is 93.2 cm³/mol. The van der Waals surface area contributed by atoms with Crippen LogP contribution in [0, 0.1) is 0 Å². The molecule has 0 spiro atoms. The van der Waals surface area contributed by atoms with Gasteiger partial charge in [-0.2, -0.15) is 4.98 Å². The van der Waals surface area contributed by atoms with Crippen molar-refractivity contribution in [2.45, 2.75) is 45.6 Å². The van der Waals surface area contributed by atoms with Crippen LogP contribution in [-0.4, -0.2) is 56.2 Å². The Bertz CT molecular complexity index is 1020. The zero-order chi connectivity index (χ0) is 21.3. The van der Waals surface area contributed by atoms with Gasteiger partial charge in [0, 0.05) is 28.5 Å². The molecular weight excluding hydrogens is 374 g/mol. The number of esters is 2. The quantitative estimate of drug-likeness (QED) is 0.659. The van der Waals surface area contributed by atoms with Gasteiger partial charge < -0.3 is 14.2 Å². The topological polar surface area (TPSA) is 154 Å². The number of aromatic nitrogens is 4. The Hall–Kier alpha value is -3.28. The fourth-order valence-electron chi connectivity index (χ4n) is 2.73. The van der Waals surface area contributed by atoms with E-state index < -0.39 is 48.2 Å². The number of carbonyl (C=O) groups excluding carboxylic acids is 3. The molecule has 2 N–H and O–H groups in total. The van der Waals surface area contributed by atoms with Crippen LogP contribution in [0.3, 0.4) is 0 Å². The maximum absolute atomic E-state index is 12.2. The van der Waals surface area contributed by atoms with Gasteiger partial charge in [-0.05, 0) is 0 Å². The lowest BCUT2D eigenvalue weighted by atomic mass is 10.2. The fraction of sp³-hybridized carbons (Fsp3) is 0.500. The van der Waals surface area contributed by atoms with Crippen molar-refractivity contribution in [2.24, 2.45) is 0 Å². The number of aromatic amines is 1. The molecule has 0 unspecified atom stereocenters. The van der Waals surface area contributed by atoms with Crippen molar-refractivity contribution in [1.29, 1.82) is 0 Å². The maximum Gasteiger partial charge on any atom is 0.303 e. The van der Waals surface area contributed by atoms with E-state index in [9.17, 15) is 19.2 Å². The van der Waals surface area contributed by atoms with Gasteiger partial charge in [-0.3, -0.25) is 34.0 Å². The molecule has 2 aromatic rings. The fourth-order valence-corrected chi connectivity index (χ4v) is 2.73. The summed E-state index contributed by atoms with van der Waals surface area (Å²) in [6.45, 7) is 3.44. The van der Waals surface area contributed by atoms with Crippen LogP contribution >= 0.6 is 0 Å². The number of hydrogen-bond acceptors (Lipinski definition) is 9. The van der Waals surface area contributed by atoms with Crippen LogP contribution in [0.1, 0.15) is 34.8 Å². The van der Waals surface area contributed by atoms with E-state index in [-0.39, 0.29) is 23.7 Å². The first kappa shape index (κ1) is 18.1. The lowest BCUT2D eigenvalue weighted by Crippen LogP contribution is -2.31. The van der Waals surface area contributed by atoms with Crippen LogP contribution in [0.5, 0.6) is 0 Å². The molecule has 3 rings (SSSR count). The van der Waals surface area contributed by atoms with Crippen molar-refractivity contribution in [3.05, 3.63) is 16.7 Å². The van der Waals surface area contributed by atoms with E-state index in [1.807, 2.05) is 0 Å². The van der Waals surface area contributed by atoms with Gasteiger partial charge in [-0.15, -0.1) is 0 Å². The zero-order valence-electron chi connectivity index (χ0n) is 16.3. The van der Waals surface area contributed by atoms with E-state index in [4.69, 9.17) is 15.6 Å². The molecule has 4 atom stereocenters. The van der Waals surface area contributed by atoms with Crippen LogP contribution in [-0.2, 0) is 28.6 Å². The summed E-state index contributed by atoms with van der Waals surface area (Å²) in [4.78, 5) is 56.6. The molecular formula is C16H19N5O7. The van der Waals surface area contributed by atoms with Gasteiger partial charge in [0.05, 0.1) is 6.33 Å². The van der Waals surface area contributed by atoms with E-state index in [0.29, 0.717) is 0 Å². The van der Waals surface area contributed by atoms with Gasteiger partial charge >= 0.3 is 11.9 Å². The van der Waals surface area contributed by atoms with E-state index >= 15 is 0 Å². The number of ether oxygens (including phenoxy) is 3. The molecule has 1 amide bonds. The molecule has 28 heavy (non-hydrogen) atoms. The van der Waals surface area contributed by atoms with E-state index in [2.05, 4.69) is 20.3 Å². The van der Waals surface area contributed by atoms with E-state index in [1.165, 1.54) is 31.7 Å². The largest absolute Gasteiger partial charge is 0.463 e. The first-order chi connectivity index (χ1) is 13.7. The molecule has 1 saturated heterocycles. The van der Waals surface area contributed by atoms with E-state index in [1.54, 1.807) is 0 Å². The van der Waals surface area contributed by atoms with Crippen LogP contribution in [0.4, 0.5) is 5.95 Å². The van der Waals surface area contributed by atoms with Crippen molar-refractivity contribution in [3.8, 4) is 0 Å². The summed E-state index contributed by atoms with van der Waals surface area (Å²) < 4.78 is 25.7. The van der Waals surface area contributed by atoms with E-state index in [0.717, 1.165) is 0 Å². The number of hydrogen-bond donors (Lipinski definition) is 2. The number of nitrogens with one attached hydrogen (secondary N) is 2. The Morgan fingerprint density at radius 1 is 1.39 bits per heavy atom. The smallest absolute Gasteiger partial charge is 0.303 e. The standard InChI is InChI=1S/C16H19N5O7/c1-7(22)18-16-19-14-13(15(25)20-16)17-6-21(14)12-4-10(27-9(3)24)11(28-12)5-26-8(2)23/h6,10-12H,4-5H2,1-3H3,(H2,18,19,20,22,25)/t10-,11+,12+/m0/s1/i4D/t4-,10+,11-,12-/m1. The Balaban J connectivity index is 1.98. The minimum atomic E-state index is -1.12. The second kappa shape index (κ2) is 7.76. The minimum absolute atomic E-state index is 0.0256. The normalized spacial score (nSPS) is 24.6. The molecule has 1 aliphatic heterocycles. The molecule has 12 nitrogen and oxygen atoms in total. The predicted octanol–water partition coefficient (Wildman–Crippen LogP) is -0.140. The average Bonchev–Trinajstić information content (AvgIpc) is 3.15. The van der Waals surface area contributed by atoms with Gasteiger partial charge in [0.1, 0.15) is 25.0 Å². The van der Waals surface area contributed by atoms with Crippen molar-refractivity contribution < 1.29 is 30.0 Å². The summed E-state index contributed by atoms with van der Waals surface area (Å²) in [5, 5.41) is 2.37. The summed E-state index contributed by atoms with van der Waals surface area (Å²) in [5.74, 6) is -1.71. The number of H-pyrrole nitrogens is 1. The molecule has 1 fully saturated rings. The lowest BCUT2D eigenvalue weighted by molar-refractivity contribution is -0.155. The van der Waals surface area contributed by atoms with Crippen LogP contribution in [0.2, 0.25) is 0 Å². The number of imidazole rings is 1. The monoisotopic (exact) mass is 394 g/mol. The number of fused-ring (bicyclic) bond motifs is 1. The Morgan fingerprint density at radius 2 is 2.14 bits per heavy atom. The van der Waals surface area contributed by atoms with Gasteiger partial charge in [0.15, 0.2) is 11.2 Å². The lowest BCUT2D eigenvalue weighted by Gasteiger charge is -2.17. The molecule has 3 heterocycles. The van der Waals surface area contributed by atoms with Crippen molar-refractivity contribution in [3.63, 3.8) is 0 Å². The van der Waals surface area contributed by atoms with Crippen LogP contribution < -0.4 is 10.9 Å². The van der Waals surface area contributed by atoms with Gasteiger partial charge in [-0.25, -0.2) is 4.98 Å². The number of amides is 1. The summed E-state index contributed by atoms with van der Waals surface area (Å²) >= 11 is 0. The minimum Gasteiger partial charge on any atom is -0.463 e. The summed E-state index contributed by atoms with van der Waals surface area (Å²) in [6, 6.07) is 0. The highest BCUT2D eigenvalue weighted by atomic mass is 16.6. The number of carbonyl (C=O) groups is 3. The third kappa shape index (κ3) is 4.17. The second-order valence-electron chi connectivity index (χ2n) is 6.05. The first-order valence-electron chi connectivity index (χ1n) is 8.88. The van der Waals surface area contributed by atoms with Gasteiger partial charge in [-0.1, -0.05) is 0 Å². The highest BCUT2D eigenvalue weighted by molar-refractivity contribution is 5.87. The van der Waals surface area contributed by atoms with Crippen molar-refractivity contribution in [2.75, 3.05) is 11.9 Å².